The number of fused-ring (bicyclic) bond motifs is 3. The van der Waals surface area contributed by atoms with E-state index in [1.54, 1.807) is 48.5 Å². The molecule has 0 aliphatic carbocycles. The molecule has 9 heteroatoms. The van der Waals surface area contributed by atoms with Crippen LogP contribution < -0.4 is 14.4 Å². The molecule has 1 spiro atoms. The van der Waals surface area contributed by atoms with Crippen LogP contribution in [-0.2, 0) is 19.9 Å². The van der Waals surface area contributed by atoms with Crippen molar-refractivity contribution in [3.8, 4) is 11.5 Å². The molecule has 3 aliphatic rings. The minimum atomic E-state index is -1.79. The Kier molecular flexibility index (Phi) is 6.25. The van der Waals surface area contributed by atoms with E-state index in [4.69, 9.17) is 9.47 Å². The van der Waals surface area contributed by atoms with Gasteiger partial charge in [-0.3, -0.25) is 14.4 Å². The van der Waals surface area contributed by atoms with Gasteiger partial charge < -0.3 is 29.3 Å². The van der Waals surface area contributed by atoms with Crippen molar-refractivity contribution in [2.45, 2.75) is 12.0 Å². The van der Waals surface area contributed by atoms with Crippen molar-refractivity contribution in [2.24, 2.45) is 0 Å². The number of Topliss-reactive ketones (excluding diaryl/α,β-unsaturated/α-hetero) is 1. The van der Waals surface area contributed by atoms with Gasteiger partial charge in [0.05, 0.1) is 11.3 Å². The van der Waals surface area contributed by atoms with Crippen LogP contribution in [0.25, 0.3) is 5.76 Å². The summed E-state index contributed by atoms with van der Waals surface area (Å²) in [6.45, 7) is 5.51. The van der Waals surface area contributed by atoms with Crippen molar-refractivity contribution in [2.75, 3.05) is 51.8 Å². The molecule has 0 aromatic heterocycles. The first-order valence-electron chi connectivity index (χ1n) is 12.2. The van der Waals surface area contributed by atoms with Gasteiger partial charge in [-0.05, 0) is 51.3 Å². The van der Waals surface area contributed by atoms with Crippen LogP contribution in [0.5, 0.6) is 11.5 Å². The Bertz CT molecular complexity index is 1330. The van der Waals surface area contributed by atoms with Crippen molar-refractivity contribution in [1.82, 2.24) is 9.80 Å². The monoisotopic (exact) mass is 503 g/mol. The zero-order valence-corrected chi connectivity index (χ0v) is 20.9. The fourth-order valence-corrected chi connectivity index (χ4v) is 5.36. The summed E-state index contributed by atoms with van der Waals surface area (Å²) in [5.74, 6) is -1.70. The number of amides is 2. The van der Waals surface area contributed by atoms with Gasteiger partial charge in [-0.2, -0.15) is 0 Å². The minimum Gasteiger partial charge on any atom is -0.507 e. The van der Waals surface area contributed by atoms with Crippen LogP contribution in [-0.4, -0.2) is 79.4 Å². The summed E-state index contributed by atoms with van der Waals surface area (Å²) in [7, 11) is 3.82. The fraction of sp³-hybridized carbons (Fsp3) is 0.321. The molecule has 3 heterocycles. The van der Waals surface area contributed by atoms with Gasteiger partial charge in [-0.15, -0.1) is 6.58 Å². The molecule has 5 rings (SSSR count). The zero-order chi connectivity index (χ0) is 26.3. The molecule has 3 aliphatic heterocycles. The van der Waals surface area contributed by atoms with Crippen LogP contribution in [0.3, 0.4) is 0 Å². The highest BCUT2D eigenvalue weighted by molar-refractivity contribution is 6.50. The molecule has 2 amide bonds. The van der Waals surface area contributed by atoms with Crippen LogP contribution in [0, 0.1) is 0 Å². The van der Waals surface area contributed by atoms with Crippen LogP contribution in [0.2, 0.25) is 0 Å². The quantitative estimate of drug-likeness (QED) is 0.268. The third-order valence-electron chi connectivity index (χ3n) is 6.92. The summed E-state index contributed by atoms with van der Waals surface area (Å²) in [6, 6.07) is 11.8. The number of carbonyl (C=O) groups excluding carboxylic acids is 3. The van der Waals surface area contributed by atoms with Gasteiger partial charge in [0.2, 0.25) is 0 Å². The molecule has 0 saturated carbocycles. The summed E-state index contributed by atoms with van der Waals surface area (Å²) in [6.07, 6.45) is 2.12. The number of ether oxygens (including phenoxy) is 2. The first kappa shape index (κ1) is 24.6. The third kappa shape index (κ3) is 3.69. The van der Waals surface area contributed by atoms with Crippen LogP contribution in [0.1, 0.15) is 17.5 Å². The summed E-state index contributed by atoms with van der Waals surface area (Å²) in [5, 5.41) is 11.6. The van der Waals surface area contributed by atoms with Gasteiger partial charge >= 0.3 is 0 Å². The molecular weight excluding hydrogens is 474 g/mol. The van der Waals surface area contributed by atoms with Gasteiger partial charge in [0.25, 0.3) is 17.6 Å². The molecular formula is C28H29N3O6. The molecule has 0 unspecified atom stereocenters. The van der Waals surface area contributed by atoms with E-state index < -0.39 is 28.9 Å². The Hall–Kier alpha value is -4.11. The molecule has 2 aromatic carbocycles. The van der Waals surface area contributed by atoms with Crippen LogP contribution in [0.15, 0.2) is 60.7 Å². The van der Waals surface area contributed by atoms with E-state index in [0.29, 0.717) is 48.9 Å². The molecule has 1 N–H and O–H groups in total. The van der Waals surface area contributed by atoms with Gasteiger partial charge in [0.1, 0.15) is 19.0 Å². The fourth-order valence-electron chi connectivity index (χ4n) is 5.36. The normalized spacial score (nSPS) is 21.8. The second kappa shape index (κ2) is 9.40. The number of hydrogen-bond donors (Lipinski definition) is 1. The van der Waals surface area contributed by atoms with E-state index in [1.807, 2.05) is 19.0 Å². The molecule has 37 heavy (non-hydrogen) atoms. The number of aliphatic hydroxyl groups excluding tert-OH is 1. The first-order valence-corrected chi connectivity index (χ1v) is 12.2. The lowest BCUT2D eigenvalue weighted by molar-refractivity contribution is -0.143. The number of para-hydroxylation sites is 1. The lowest BCUT2D eigenvalue weighted by atomic mass is 9.81. The van der Waals surface area contributed by atoms with E-state index in [2.05, 4.69) is 6.58 Å². The lowest BCUT2D eigenvalue weighted by Crippen LogP contribution is -2.52. The molecule has 2 aromatic rings. The number of hydrogen-bond acceptors (Lipinski definition) is 7. The topological polar surface area (TPSA) is 99.6 Å². The van der Waals surface area contributed by atoms with Gasteiger partial charge in [0.15, 0.2) is 17.0 Å². The predicted octanol–water partition coefficient (Wildman–Crippen LogP) is 2.52. The molecule has 192 valence electrons. The summed E-state index contributed by atoms with van der Waals surface area (Å²) >= 11 is 0. The maximum Gasteiger partial charge on any atom is 0.296 e. The molecule has 9 nitrogen and oxygen atoms in total. The van der Waals surface area contributed by atoms with Crippen molar-refractivity contribution in [3.63, 3.8) is 0 Å². The standard InChI is InChI=1S/C28H29N3O6/c1-4-12-30-20-9-6-5-8-19(20)28(27(30)35)23(25(33)26(34)31(28)14-7-13-29(2)3)24(32)18-10-11-21-22(17-18)37-16-15-36-21/h4-6,8-11,17,32H,1,7,12-16H2,2-3H3/b24-23-/t28-/m1/s1. The van der Waals surface area contributed by atoms with Gasteiger partial charge in [0, 0.05) is 24.2 Å². The Morgan fingerprint density at radius 2 is 1.84 bits per heavy atom. The van der Waals surface area contributed by atoms with E-state index in [1.165, 1.54) is 9.80 Å². The number of aliphatic hydroxyl groups is 1. The maximum absolute atomic E-state index is 14.3. The highest BCUT2D eigenvalue weighted by atomic mass is 16.6. The van der Waals surface area contributed by atoms with E-state index in [9.17, 15) is 19.5 Å². The summed E-state index contributed by atoms with van der Waals surface area (Å²) in [4.78, 5) is 46.2. The smallest absolute Gasteiger partial charge is 0.296 e. The maximum atomic E-state index is 14.3. The first-order chi connectivity index (χ1) is 17.8. The number of nitrogens with zero attached hydrogens (tertiary/aromatic N) is 3. The second-order valence-corrected chi connectivity index (χ2v) is 9.46. The van der Waals surface area contributed by atoms with Crippen molar-refractivity contribution >= 4 is 29.0 Å². The minimum absolute atomic E-state index is 0.155. The zero-order valence-electron chi connectivity index (χ0n) is 20.9. The largest absolute Gasteiger partial charge is 0.507 e. The molecule has 1 atom stereocenters. The highest BCUT2D eigenvalue weighted by Crippen LogP contribution is 2.53. The number of likely N-dealkylation sites (tertiary alicyclic amines) is 1. The Labute approximate surface area is 215 Å². The van der Waals surface area contributed by atoms with Crippen molar-refractivity contribution in [1.29, 1.82) is 0 Å². The van der Waals surface area contributed by atoms with Gasteiger partial charge in [-0.25, -0.2) is 0 Å². The average molecular weight is 504 g/mol. The Morgan fingerprint density at radius 1 is 1.11 bits per heavy atom. The second-order valence-electron chi connectivity index (χ2n) is 9.46. The number of benzene rings is 2. The number of rotatable bonds is 7. The number of carbonyl (C=O) groups is 3. The Morgan fingerprint density at radius 3 is 2.57 bits per heavy atom. The third-order valence-corrected chi connectivity index (χ3v) is 6.92. The molecule has 0 radical (unpaired) electrons. The number of ketones is 1. The van der Waals surface area contributed by atoms with E-state index >= 15 is 0 Å². The number of anilines is 1. The van der Waals surface area contributed by atoms with Crippen LogP contribution in [0.4, 0.5) is 5.69 Å². The van der Waals surface area contributed by atoms with Crippen molar-refractivity contribution in [3.05, 3.63) is 71.8 Å². The van der Waals surface area contributed by atoms with Crippen LogP contribution >= 0.6 is 0 Å². The average Bonchev–Trinajstić information content (AvgIpc) is 3.27. The van der Waals surface area contributed by atoms with Gasteiger partial charge in [-0.1, -0.05) is 24.3 Å². The van der Waals surface area contributed by atoms with E-state index in [0.717, 1.165) is 0 Å². The van der Waals surface area contributed by atoms with Crippen molar-refractivity contribution < 1.29 is 29.0 Å². The molecule has 1 saturated heterocycles. The SMILES string of the molecule is C=CCN1C(=O)[C@]2(/C(=C(\O)c3ccc4c(c3)OCCO4)C(=O)C(=O)N2CCCN(C)C)c2ccccc21. The highest BCUT2D eigenvalue weighted by Gasteiger charge is 2.66. The predicted molar refractivity (Wildman–Crippen MR) is 138 cm³/mol. The molecule has 0 bridgehead atoms. The van der Waals surface area contributed by atoms with E-state index in [-0.39, 0.29) is 24.2 Å². The summed E-state index contributed by atoms with van der Waals surface area (Å²) < 4.78 is 11.2. The summed E-state index contributed by atoms with van der Waals surface area (Å²) in [5.41, 5.74) is -0.743. The lowest BCUT2D eigenvalue weighted by Gasteiger charge is -2.34. The Balaban J connectivity index is 1.74. The molecule has 1 fully saturated rings.